The molecule has 0 aliphatic carbocycles. The van der Waals surface area contributed by atoms with E-state index in [1.54, 1.807) is 0 Å². The molecular formula is C19H15FN2. The van der Waals surface area contributed by atoms with Crippen molar-refractivity contribution >= 4 is 21.8 Å². The molecule has 108 valence electrons. The molecule has 0 saturated carbocycles. The number of pyridine rings is 1. The van der Waals surface area contributed by atoms with Crippen LogP contribution in [0.25, 0.3) is 21.8 Å². The molecule has 2 aromatic heterocycles. The normalized spacial score (nSPS) is 11.4. The van der Waals surface area contributed by atoms with Crippen LogP contribution >= 0.6 is 0 Å². The Labute approximate surface area is 127 Å². The van der Waals surface area contributed by atoms with Gasteiger partial charge in [-0.3, -0.25) is 4.98 Å². The molecule has 0 unspecified atom stereocenters. The first-order valence-electron chi connectivity index (χ1n) is 7.30. The largest absolute Gasteiger partial charge is 0.335 e. The quantitative estimate of drug-likeness (QED) is 0.524. The Morgan fingerprint density at radius 1 is 0.955 bits per heavy atom. The van der Waals surface area contributed by atoms with Gasteiger partial charge in [0, 0.05) is 28.5 Å². The summed E-state index contributed by atoms with van der Waals surface area (Å²) in [5.74, 6) is -0.205. The molecule has 2 nitrogen and oxygen atoms in total. The Balaban J connectivity index is 1.96. The van der Waals surface area contributed by atoms with Crippen molar-refractivity contribution in [1.29, 1.82) is 0 Å². The Bertz CT molecular complexity index is 968. The van der Waals surface area contributed by atoms with E-state index in [2.05, 4.69) is 33.8 Å². The number of halogens is 1. The second kappa shape index (κ2) is 4.95. The van der Waals surface area contributed by atoms with Crippen LogP contribution in [0.3, 0.4) is 0 Å². The molecule has 0 aliphatic rings. The lowest BCUT2D eigenvalue weighted by Crippen LogP contribution is -1.99. The topological polar surface area (TPSA) is 17.8 Å². The number of benzene rings is 2. The van der Waals surface area contributed by atoms with Crippen molar-refractivity contribution in [3.63, 3.8) is 0 Å². The molecule has 0 amide bonds. The van der Waals surface area contributed by atoms with Gasteiger partial charge >= 0.3 is 0 Å². The Hall–Kier alpha value is -2.68. The summed E-state index contributed by atoms with van der Waals surface area (Å²) in [5, 5.41) is 2.44. The lowest BCUT2D eigenvalue weighted by molar-refractivity contribution is 0.626. The molecule has 0 saturated heterocycles. The summed E-state index contributed by atoms with van der Waals surface area (Å²) >= 11 is 0. The van der Waals surface area contributed by atoms with E-state index >= 15 is 0 Å². The van der Waals surface area contributed by atoms with E-state index in [0.29, 0.717) is 6.54 Å². The van der Waals surface area contributed by atoms with E-state index in [1.165, 1.54) is 28.4 Å². The van der Waals surface area contributed by atoms with E-state index in [4.69, 9.17) is 0 Å². The van der Waals surface area contributed by atoms with Gasteiger partial charge in [-0.25, -0.2) is 4.39 Å². The summed E-state index contributed by atoms with van der Waals surface area (Å²) < 4.78 is 15.3. The summed E-state index contributed by atoms with van der Waals surface area (Å²) in [6.07, 6.45) is 1.92. The number of hydrogen-bond acceptors (Lipinski definition) is 1. The Morgan fingerprint density at radius 2 is 1.73 bits per heavy atom. The van der Waals surface area contributed by atoms with Crippen LogP contribution in [-0.2, 0) is 6.54 Å². The van der Waals surface area contributed by atoms with Crippen LogP contribution in [0.15, 0.2) is 60.8 Å². The highest BCUT2D eigenvalue weighted by atomic mass is 19.1. The number of hydrogen-bond donors (Lipinski definition) is 0. The number of rotatable bonds is 2. The molecular weight excluding hydrogens is 275 g/mol. The van der Waals surface area contributed by atoms with Crippen molar-refractivity contribution < 1.29 is 4.39 Å². The number of para-hydroxylation sites is 1. The fourth-order valence-corrected chi connectivity index (χ4v) is 2.99. The molecule has 2 aromatic carbocycles. The van der Waals surface area contributed by atoms with Gasteiger partial charge in [-0.15, -0.1) is 0 Å². The van der Waals surface area contributed by atoms with Gasteiger partial charge in [0.15, 0.2) is 0 Å². The van der Waals surface area contributed by atoms with Crippen LogP contribution in [0.2, 0.25) is 0 Å². The first kappa shape index (κ1) is 13.0. The van der Waals surface area contributed by atoms with Crippen molar-refractivity contribution in [2.24, 2.45) is 0 Å². The minimum absolute atomic E-state index is 0.205. The zero-order valence-electron chi connectivity index (χ0n) is 12.3. The van der Waals surface area contributed by atoms with Crippen LogP contribution in [0, 0.1) is 12.7 Å². The average Bonchev–Trinajstić information content (AvgIpc) is 2.83. The summed E-state index contributed by atoms with van der Waals surface area (Å²) in [7, 11) is 0. The predicted octanol–water partition coefficient (Wildman–Crippen LogP) is 4.69. The lowest BCUT2D eigenvalue weighted by atomic mass is 10.2. The first-order chi connectivity index (χ1) is 10.7. The number of nitrogens with zero attached hydrogens (tertiary/aromatic N) is 2. The SMILES string of the molecule is Cc1cc2c3ccccc3n(Cc3ccc(F)cc3)c2cn1. The maximum atomic E-state index is 13.1. The van der Waals surface area contributed by atoms with Crippen molar-refractivity contribution in [2.75, 3.05) is 0 Å². The number of aryl methyl sites for hydroxylation is 1. The highest BCUT2D eigenvalue weighted by molar-refractivity contribution is 6.07. The van der Waals surface area contributed by atoms with Crippen LogP contribution in [0.5, 0.6) is 0 Å². The zero-order chi connectivity index (χ0) is 15.1. The highest BCUT2D eigenvalue weighted by Gasteiger charge is 2.11. The fourth-order valence-electron chi connectivity index (χ4n) is 2.99. The highest BCUT2D eigenvalue weighted by Crippen LogP contribution is 2.29. The van der Waals surface area contributed by atoms with Crippen LogP contribution < -0.4 is 0 Å². The average molecular weight is 290 g/mol. The number of aromatic nitrogens is 2. The smallest absolute Gasteiger partial charge is 0.123 e. The minimum atomic E-state index is -0.205. The summed E-state index contributed by atoms with van der Waals surface area (Å²) in [6.45, 7) is 2.71. The Morgan fingerprint density at radius 3 is 2.55 bits per heavy atom. The van der Waals surface area contributed by atoms with Crippen LogP contribution in [0.1, 0.15) is 11.3 Å². The molecule has 0 radical (unpaired) electrons. The van der Waals surface area contributed by atoms with Gasteiger partial charge in [0.25, 0.3) is 0 Å². The molecule has 0 spiro atoms. The molecule has 4 aromatic rings. The van der Waals surface area contributed by atoms with E-state index < -0.39 is 0 Å². The standard InChI is InChI=1S/C19H15FN2/c1-13-10-17-16-4-2-3-5-18(16)22(19(17)11-21-13)12-14-6-8-15(20)9-7-14/h2-11H,12H2,1H3. The van der Waals surface area contributed by atoms with Gasteiger partial charge < -0.3 is 4.57 Å². The van der Waals surface area contributed by atoms with Crippen molar-refractivity contribution in [2.45, 2.75) is 13.5 Å². The second-order valence-corrected chi connectivity index (χ2v) is 5.57. The monoisotopic (exact) mass is 290 g/mol. The van der Waals surface area contributed by atoms with E-state index in [9.17, 15) is 4.39 Å². The second-order valence-electron chi connectivity index (χ2n) is 5.57. The molecule has 0 aliphatic heterocycles. The Kier molecular flexibility index (Phi) is 2.93. The minimum Gasteiger partial charge on any atom is -0.335 e. The maximum absolute atomic E-state index is 13.1. The predicted molar refractivity (Wildman–Crippen MR) is 87.5 cm³/mol. The van der Waals surface area contributed by atoms with Crippen molar-refractivity contribution in [3.8, 4) is 0 Å². The zero-order valence-corrected chi connectivity index (χ0v) is 12.3. The summed E-state index contributed by atoms with van der Waals surface area (Å²) in [5.41, 5.74) is 4.37. The molecule has 0 fully saturated rings. The number of fused-ring (bicyclic) bond motifs is 3. The fraction of sp³-hybridized carbons (Fsp3) is 0.105. The molecule has 0 N–H and O–H groups in total. The van der Waals surface area contributed by atoms with Gasteiger partial charge in [0.05, 0.1) is 11.7 Å². The maximum Gasteiger partial charge on any atom is 0.123 e. The molecule has 22 heavy (non-hydrogen) atoms. The first-order valence-corrected chi connectivity index (χ1v) is 7.30. The third-order valence-electron chi connectivity index (χ3n) is 4.05. The third-order valence-corrected chi connectivity index (χ3v) is 4.05. The molecule has 3 heteroatoms. The van der Waals surface area contributed by atoms with Crippen LogP contribution in [0.4, 0.5) is 4.39 Å². The van der Waals surface area contributed by atoms with Gasteiger partial charge in [-0.05, 0) is 36.8 Å². The third kappa shape index (κ3) is 2.06. The lowest BCUT2D eigenvalue weighted by Gasteiger charge is -2.07. The van der Waals surface area contributed by atoms with Gasteiger partial charge in [0.2, 0.25) is 0 Å². The van der Waals surface area contributed by atoms with Crippen molar-refractivity contribution in [3.05, 3.63) is 77.9 Å². The van der Waals surface area contributed by atoms with Crippen molar-refractivity contribution in [1.82, 2.24) is 9.55 Å². The van der Waals surface area contributed by atoms with Crippen LogP contribution in [-0.4, -0.2) is 9.55 Å². The molecule has 0 atom stereocenters. The molecule has 2 heterocycles. The van der Waals surface area contributed by atoms with E-state index in [1.807, 2.05) is 31.3 Å². The molecule has 4 rings (SSSR count). The summed E-state index contributed by atoms with van der Waals surface area (Å²) in [6, 6.07) is 17.2. The summed E-state index contributed by atoms with van der Waals surface area (Å²) in [4.78, 5) is 4.44. The van der Waals surface area contributed by atoms with E-state index in [0.717, 1.165) is 16.8 Å². The van der Waals surface area contributed by atoms with Gasteiger partial charge in [-0.1, -0.05) is 30.3 Å². The molecule has 0 bridgehead atoms. The van der Waals surface area contributed by atoms with Gasteiger partial charge in [-0.2, -0.15) is 0 Å². The van der Waals surface area contributed by atoms with Gasteiger partial charge in [0.1, 0.15) is 5.82 Å². The van der Waals surface area contributed by atoms with E-state index in [-0.39, 0.29) is 5.82 Å².